The third-order valence-electron chi connectivity index (χ3n) is 3.17. The van der Waals surface area contributed by atoms with E-state index in [0.29, 0.717) is 12.0 Å². The van der Waals surface area contributed by atoms with Gasteiger partial charge in [0.1, 0.15) is 0 Å². The van der Waals surface area contributed by atoms with Crippen molar-refractivity contribution in [2.75, 3.05) is 53.0 Å². The van der Waals surface area contributed by atoms with Crippen molar-refractivity contribution < 1.29 is 9.47 Å². The van der Waals surface area contributed by atoms with Crippen molar-refractivity contribution in [1.29, 1.82) is 0 Å². The first-order valence-electron chi connectivity index (χ1n) is 5.93. The van der Waals surface area contributed by atoms with Crippen LogP contribution in [0.2, 0.25) is 0 Å². The number of nitrogens with one attached hydrogen (secondary N) is 1. The molecule has 0 spiro atoms. The van der Waals surface area contributed by atoms with Gasteiger partial charge in [0.2, 0.25) is 0 Å². The molecule has 0 aromatic heterocycles. The molecule has 0 amide bonds. The Balaban J connectivity index is 1.56. The van der Waals surface area contributed by atoms with E-state index in [2.05, 4.69) is 17.3 Å². The number of hydrogen-bond acceptors (Lipinski definition) is 4. The Kier molecular flexibility index (Phi) is 4.38. The number of likely N-dealkylation sites (N-methyl/N-ethyl adjacent to an activating group) is 1. The molecule has 2 aliphatic heterocycles. The molecule has 0 radical (unpaired) electrons. The highest BCUT2D eigenvalue weighted by atomic mass is 16.5. The summed E-state index contributed by atoms with van der Waals surface area (Å²) in [6.45, 7) is 6.90. The maximum atomic E-state index is 5.68. The van der Waals surface area contributed by atoms with E-state index >= 15 is 0 Å². The van der Waals surface area contributed by atoms with Crippen LogP contribution in [0.5, 0.6) is 0 Å². The Bertz CT molecular complexity index is 183. The summed E-state index contributed by atoms with van der Waals surface area (Å²) in [5, 5.41) is 3.49. The van der Waals surface area contributed by atoms with Gasteiger partial charge in [-0.3, -0.25) is 0 Å². The van der Waals surface area contributed by atoms with E-state index in [1.165, 1.54) is 6.42 Å². The van der Waals surface area contributed by atoms with Crippen molar-refractivity contribution in [3.8, 4) is 0 Å². The van der Waals surface area contributed by atoms with Crippen molar-refractivity contribution in [3.63, 3.8) is 0 Å². The molecule has 0 bridgehead atoms. The lowest BCUT2D eigenvalue weighted by molar-refractivity contribution is -0.0184. The van der Waals surface area contributed by atoms with Gasteiger partial charge in [0.05, 0.1) is 19.3 Å². The minimum Gasteiger partial charge on any atom is -0.381 e. The first-order valence-corrected chi connectivity index (χ1v) is 5.93. The lowest BCUT2D eigenvalue weighted by Crippen LogP contribution is -2.45. The molecule has 2 atom stereocenters. The van der Waals surface area contributed by atoms with Crippen molar-refractivity contribution in [3.05, 3.63) is 0 Å². The van der Waals surface area contributed by atoms with Crippen LogP contribution in [0.25, 0.3) is 0 Å². The number of rotatable bonds is 4. The molecule has 88 valence electrons. The smallest absolute Gasteiger partial charge is 0.0826 e. The van der Waals surface area contributed by atoms with Gasteiger partial charge in [-0.15, -0.1) is 0 Å². The van der Waals surface area contributed by atoms with Gasteiger partial charge in [-0.25, -0.2) is 0 Å². The first kappa shape index (κ1) is 11.3. The summed E-state index contributed by atoms with van der Waals surface area (Å²) < 4.78 is 11.0. The molecule has 4 nitrogen and oxygen atoms in total. The second-order valence-corrected chi connectivity index (χ2v) is 4.64. The van der Waals surface area contributed by atoms with Crippen LogP contribution in [0.4, 0.5) is 0 Å². The zero-order chi connectivity index (χ0) is 10.5. The summed E-state index contributed by atoms with van der Waals surface area (Å²) in [4.78, 5) is 2.33. The van der Waals surface area contributed by atoms with Crippen LogP contribution < -0.4 is 5.32 Å². The highest BCUT2D eigenvalue weighted by Crippen LogP contribution is 2.10. The van der Waals surface area contributed by atoms with E-state index in [0.717, 1.165) is 46.0 Å². The molecular formula is C11H22N2O2. The summed E-state index contributed by atoms with van der Waals surface area (Å²) in [6, 6.07) is 0. The van der Waals surface area contributed by atoms with E-state index in [1.54, 1.807) is 0 Å². The van der Waals surface area contributed by atoms with E-state index in [9.17, 15) is 0 Å². The second kappa shape index (κ2) is 5.80. The minimum absolute atomic E-state index is 0.367. The molecule has 2 saturated heterocycles. The van der Waals surface area contributed by atoms with Crippen molar-refractivity contribution in [1.82, 2.24) is 10.2 Å². The van der Waals surface area contributed by atoms with Crippen LogP contribution in [0, 0.1) is 5.92 Å². The molecule has 0 saturated carbocycles. The van der Waals surface area contributed by atoms with Crippen LogP contribution in [0.1, 0.15) is 6.42 Å². The highest BCUT2D eigenvalue weighted by Gasteiger charge is 2.19. The SMILES string of the molecule is CN1CCOC(CNCC2CCOC2)C1. The summed E-state index contributed by atoms with van der Waals surface area (Å²) in [5.74, 6) is 0.714. The Morgan fingerprint density at radius 3 is 3.00 bits per heavy atom. The number of nitrogens with zero attached hydrogens (tertiary/aromatic N) is 1. The summed E-state index contributed by atoms with van der Waals surface area (Å²) in [5.41, 5.74) is 0. The topological polar surface area (TPSA) is 33.7 Å². The zero-order valence-corrected chi connectivity index (χ0v) is 9.58. The Morgan fingerprint density at radius 2 is 2.27 bits per heavy atom. The molecule has 4 heteroatoms. The molecule has 1 N–H and O–H groups in total. The normalized spacial score (nSPS) is 33.4. The predicted molar refractivity (Wildman–Crippen MR) is 59.0 cm³/mol. The molecule has 2 rings (SSSR count). The van der Waals surface area contributed by atoms with E-state index in [-0.39, 0.29) is 0 Å². The third-order valence-corrected chi connectivity index (χ3v) is 3.17. The van der Waals surface area contributed by atoms with Crippen LogP contribution >= 0.6 is 0 Å². The van der Waals surface area contributed by atoms with Crippen LogP contribution in [0.3, 0.4) is 0 Å². The molecule has 0 aromatic carbocycles. The van der Waals surface area contributed by atoms with Gasteiger partial charge in [0.15, 0.2) is 0 Å². The van der Waals surface area contributed by atoms with E-state index in [4.69, 9.17) is 9.47 Å². The number of hydrogen-bond donors (Lipinski definition) is 1. The van der Waals surface area contributed by atoms with Gasteiger partial charge in [-0.05, 0) is 19.4 Å². The summed E-state index contributed by atoms with van der Waals surface area (Å²) in [6.07, 6.45) is 1.57. The third kappa shape index (κ3) is 3.72. The molecule has 15 heavy (non-hydrogen) atoms. The Labute approximate surface area is 91.9 Å². The van der Waals surface area contributed by atoms with Gasteiger partial charge < -0.3 is 19.7 Å². The fraction of sp³-hybridized carbons (Fsp3) is 1.00. The van der Waals surface area contributed by atoms with E-state index < -0.39 is 0 Å². The molecule has 2 fully saturated rings. The Morgan fingerprint density at radius 1 is 1.33 bits per heavy atom. The lowest BCUT2D eigenvalue weighted by atomic mass is 10.1. The summed E-state index contributed by atoms with van der Waals surface area (Å²) in [7, 11) is 2.15. The molecule has 2 aliphatic rings. The predicted octanol–water partition coefficient (Wildman–Crippen LogP) is -0.0569. The average Bonchev–Trinajstić information content (AvgIpc) is 2.71. The van der Waals surface area contributed by atoms with Gasteiger partial charge in [0, 0.05) is 32.8 Å². The van der Waals surface area contributed by atoms with Gasteiger partial charge in [-0.1, -0.05) is 0 Å². The molecule has 2 heterocycles. The largest absolute Gasteiger partial charge is 0.381 e. The van der Waals surface area contributed by atoms with Crippen LogP contribution in [0.15, 0.2) is 0 Å². The van der Waals surface area contributed by atoms with Gasteiger partial charge >= 0.3 is 0 Å². The second-order valence-electron chi connectivity index (χ2n) is 4.64. The minimum atomic E-state index is 0.367. The Hall–Kier alpha value is -0.160. The molecular weight excluding hydrogens is 192 g/mol. The number of morpholine rings is 1. The molecule has 0 aliphatic carbocycles. The van der Waals surface area contributed by atoms with Gasteiger partial charge in [-0.2, -0.15) is 0 Å². The fourth-order valence-electron chi connectivity index (χ4n) is 2.18. The van der Waals surface area contributed by atoms with Crippen molar-refractivity contribution in [2.24, 2.45) is 5.92 Å². The number of ether oxygens (including phenoxy) is 2. The van der Waals surface area contributed by atoms with Crippen molar-refractivity contribution in [2.45, 2.75) is 12.5 Å². The quantitative estimate of drug-likeness (QED) is 0.711. The first-order chi connectivity index (χ1) is 7.34. The maximum absolute atomic E-state index is 5.68. The maximum Gasteiger partial charge on any atom is 0.0826 e. The highest BCUT2D eigenvalue weighted by molar-refractivity contribution is 4.73. The fourth-order valence-corrected chi connectivity index (χ4v) is 2.18. The molecule has 2 unspecified atom stereocenters. The lowest BCUT2D eigenvalue weighted by Gasteiger charge is -2.30. The standard InChI is InChI=1S/C11H22N2O2/c1-13-3-5-15-11(8-13)7-12-6-10-2-4-14-9-10/h10-12H,2-9H2,1H3. The van der Waals surface area contributed by atoms with Crippen molar-refractivity contribution >= 4 is 0 Å². The summed E-state index contributed by atoms with van der Waals surface area (Å²) >= 11 is 0. The molecule has 0 aromatic rings. The van der Waals surface area contributed by atoms with Crippen LogP contribution in [-0.4, -0.2) is 64.1 Å². The van der Waals surface area contributed by atoms with Gasteiger partial charge in [0.25, 0.3) is 0 Å². The zero-order valence-electron chi connectivity index (χ0n) is 9.58. The van der Waals surface area contributed by atoms with Crippen LogP contribution in [-0.2, 0) is 9.47 Å². The van der Waals surface area contributed by atoms with E-state index in [1.807, 2.05) is 0 Å². The average molecular weight is 214 g/mol. The monoisotopic (exact) mass is 214 g/mol.